The topological polar surface area (TPSA) is 26.3 Å². The van der Waals surface area contributed by atoms with Crippen molar-refractivity contribution in [3.63, 3.8) is 0 Å². The lowest BCUT2D eigenvalue weighted by molar-refractivity contribution is -0.116. The van der Waals surface area contributed by atoms with Crippen LogP contribution in [0, 0.1) is 0 Å². The van der Waals surface area contributed by atoms with E-state index in [1.165, 1.54) is 26.2 Å². The summed E-state index contributed by atoms with van der Waals surface area (Å²) in [4.78, 5) is 10.9. The van der Waals surface area contributed by atoms with Crippen LogP contribution in [-0.2, 0) is 4.79 Å². The number of hydrogen-bond donors (Lipinski definition) is 0. The van der Waals surface area contributed by atoms with Crippen LogP contribution in [-0.4, -0.2) is 12.9 Å². The Balaban J connectivity index is 3.03. The number of allylic oxidation sites excluding steroid dienone is 1. The number of carbonyl (C=O) groups excluding carboxylic acids is 1. The Kier molecular flexibility index (Phi) is 4.17. The zero-order valence-corrected chi connectivity index (χ0v) is 9.09. The van der Waals surface area contributed by atoms with Crippen LogP contribution in [0.15, 0.2) is 30.3 Å². The molecule has 0 atom stereocenters. The standard InChI is InChI=1S/C12H12F2O2/c1-8(15)7-11(12(13)14)9-3-5-10(16-2)6-4-9/h3-6H,7H2,1-2H3. The summed E-state index contributed by atoms with van der Waals surface area (Å²) in [7, 11) is 1.50. The molecule has 0 saturated carbocycles. The van der Waals surface area contributed by atoms with Crippen molar-refractivity contribution < 1.29 is 18.3 Å². The van der Waals surface area contributed by atoms with E-state index in [0.717, 1.165) is 0 Å². The van der Waals surface area contributed by atoms with E-state index < -0.39 is 6.08 Å². The number of carbonyl (C=O) groups is 1. The highest BCUT2D eigenvalue weighted by molar-refractivity contribution is 5.88. The lowest BCUT2D eigenvalue weighted by atomic mass is 10.0. The van der Waals surface area contributed by atoms with Crippen molar-refractivity contribution in [1.82, 2.24) is 0 Å². The molecule has 1 aromatic rings. The molecule has 0 saturated heterocycles. The van der Waals surface area contributed by atoms with Gasteiger partial charge in [-0.15, -0.1) is 0 Å². The summed E-state index contributed by atoms with van der Waals surface area (Å²) in [6, 6.07) is 6.18. The summed E-state index contributed by atoms with van der Waals surface area (Å²) in [6.07, 6.45) is -2.07. The van der Waals surface area contributed by atoms with Crippen molar-refractivity contribution in [3.05, 3.63) is 35.9 Å². The number of halogens is 2. The minimum absolute atomic E-state index is 0.227. The smallest absolute Gasteiger partial charge is 0.274 e. The molecule has 16 heavy (non-hydrogen) atoms. The van der Waals surface area contributed by atoms with E-state index >= 15 is 0 Å². The fraction of sp³-hybridized carbons (Fsp3) is 0.250. The minimum Gasteiger partial charge on any atom is -0.497 e. The Labute approximate surface area is 92.5 Å². The quantitative estimate of drug-likeness (QED) is 0.787. The number of Topliss-reactive ketones (excluding diaryl/α,β-unsaturated/α-hetero) is 1. The van der Waals surface area contributed by atoms with Crippen LogP contribution >= 0.6 is 0 Å². The third-order valence-corrected chi connectivity index (χ3v) is 2.09. The first-order chi connectivity index (χ1) is 7.54. The van der Waals surface area contributed by atoms with Gasteiger partial charge in [0.15, 0.2) is 0 Å². The zero-order chi connectivity index (χ0) is 12.1. The summed E-state index contributed by atoms with van der Waals surface area (Å²) in [6.45, 7) is 1.28. The van der Waals surface area contributed by atoms with Crippen molar-refractivity contribution in [3.8, 4) is 5.75 Å². The summed E-state index contributed by atoms with van der Waals surface area (Å²) in [5.41, 5.74) is 0.117. The Morgan fingerprint density at radius 2 is 1.81 bits per heavy atom. The third kappa shape index (κ3) is 3.15. The summed E-state index contributed by atoms with van der Waals surface area (Å²) >= 11 is 0. The molecule has 0 N–H and O–H groups in total. The lowest BCUT2D eigenvalue weighted by Gasteiger charge is -2.05. The molecule has 0 aliphatic heterocycles. The van der Waals surface area contributed by atoms with Gasteiger partial charge >= 0.3 is 0 Å². The summed E-state index contributed by atoms with van der Waals surface area (Å²) < 4.78 is 30.2. The number of methoxy groups -OCH3 is 1. The van der Waals surface area contributed by atoms with Gasteiger partial charge in [-0.05, 0) is 24.6 Å². The first-order valence-corrected chi connectivity index (χ1v) is 4.72. The average molecular weight is 226 g/mol. The average Bonchev–Trinajstić information content (AvgIpc) is 2.25. The van der Waals surface area contributed by atoms with Gasteiger partial charge in [0, 0.05) is 12.0 Å². The van der Waals surface area contributed by atoms with Gasteiger partial charge in [0.2, 0.25) is 0 Å². The molecule has 0 bridgehead atoms. The number of hydrogen-bond acceptors (Lipinski definition) is 2. The molecule has 0 aliphatic carbocycles. The normalized spacial score (nSPS) is 9.75. The number of rotatable bonds is 4. The highest BCUT2D eigenvalue weighted by atomic mass is 19.3. The van der Waals surface area contributed by atoms with E-state index in [4.69, 9.17) is 4.74 Å². The molecule has 0 fully saturated rings. The molecule has 0 unspecified atom stereocenters. The fourth-order valence-electron chi connectivity index (χ4n) is 1.32. The monoisotopic (exact) mass is 226 g/mol. The van der Waals surface area contributed by atoms with Crippen LogP contribution in [0.25, 0.3) is 5.57 Å². The Bertz CT molecular complexity index is 404. The molecule has 4 heteroatoms. The van der Waals surface area contributed by atoms with E-state index in [0.29, 0.717) is 11.3 Å². The maximum atomic E-state index is 12.6. The van der Waals surface area contributed by atoms with E-state index in [2.05, 4.69) is 0 Å². The second-order valence-corrected chi connectivity index (χ2v) is 3.35. The van der Waals surface area contributed by atoms with E-state index in [-0.39, 0.29) is 17.8 Å². The van der Waals surface area contributed by atoms with Gasteiger partial charge in [-0.3, -0.25) is 4.79 Å². The lowest BCUT2D eigenvalue weighted by Crippen LogP contribution is -1.95. The number of ether oxygens (including phenoxy) is 1. The first kappa shape index (κ1) is 12.4. The van der Waals surface area contributed by atoms with Crippen molar-refractivity contribution in [2.75, 3.05) is 7.11 Å². The molecular formula is C12H12F2O2. The van der Waals surface area contributed by atoms with Crippen LogP contribution in [0.3, 0.4) is 0 Å². The van der Waals surface area contributed by atoms with Gasteiger partial charge in [-0.25, -0.2) is 0 Å². The van der Waals surface area contributed by atoms with Crippen LogP contribution in [0.5, 0.6) is 5.75 Å². The predicted molar refractivity (Wildman–Crippen MR) is 57.4 cm³/mol. The van der Waals surface area contributed by atoms with Gasteiger partial charge in [0.1, 0.15) is 11.5 Å². The highest BCUT2D eigenvalue weighted by Gasteiger charge is 2.11. The summed E-state index contributed by atoms with van der Waals surface area (Å²) in [5, 5.41) is 0. The summed E-state index contributed by atoms with van der Waals surface area (Å²) in [5.74, 6) is 0.295. The molecule has 1 aromatic carbocycles. The van der Waals surface area contributed by atoms with Gasteiger partial charge in [0.05, 0.1) is 7.11 Å². The Morgan fingerprint density at radius 3 is 2.19 bits per heavy atom. The zero-order valence-electron chi connectivity index (χ0n) is 9.09. The van der Waals surface area contributed by atoms with E-state index in [1.807, 2.05) is 0 Å². The van der Waals surface area contributed by atoms with Crippen molar-refractivity contribution in [2.24, 2.45) is 0 Å². The van der Waals surface area contributed by atoms with E-state index in [9.17, 15) is 13.6 Å². The molecule has 0 aliphatic rings. The molecule has 0 amide bonds. The van der Waals surface area contributed by atoms with Crippen molar-refractivity contribution in [1.29, 1.82) is 0 Å². The molecule has 86 valence electrons. The van der Waals surface area contributed by atoms with E-state index in [1.54, 1.807) is 12.1 Å². The van der Waals surface area contributed by atoms with Crippen LogP contribution < -0.4 is 4.74 Å². The van der Waals surface area contributed by atoms with Gasteiger partial charge in [-0.2, -0.15) is 8.78 Å². The molecule has 0 spiro atoms. The fourth-order valence-corrected chi connectivity index (χ4v) is 1.32. The molecule has 0 aromatic heterocycles. The Morgan fingerprint density at radius 1 is 1.25 bits per heavy atom. The van der Waals surface area contributed by atoms with Gasteiger partial charge in [0.25, 0.3) is 6.08 Å². The predicted octanol–water partition coefficient (Wildman–Crippen LogP) is 3.28. The molecular weight excluding hydrogens is 214 g/mol. The highest BCUT2D eigenvalue weighted by Crippen LogP contribution is 2.26. The first-order valence-electron chi connectivity index (χ1n) is 4.72. The van der Waals surface area contributed by atoms with Crippen molar-refractivity contribution in [2.45, 2.75) is 13.3 Å². The van der Waals surface area contributed by atoms with Crippen LogP contribution in [0.1, 0.15) is 18.9 Å². The third-order valence-electron chi connectivity index (χ3n) is 2.09. The maximum absolute atomic E-state index is 12.6. The number of ketones is 1. The van der Waals surface area contributed by atoms with Crippen molar-refractivity contribution >= 4 is 11.4 Å². The molecule has 0 radical (unpaired) electrons. The maximum Gasteiger partial charge on any atom is 0.274 e. The molecule has 0 heterocycles. The SMILES string of the molecule is COc1ccc(C(CC(C)=O)=C(F)F)cc1. The van der Waals surface area contributed by atoms with Crippen LogP contribution in [0.4, 0.5) is 8.78 Å². The largest absolute Gasteiger partial charge is 0.497 e. The number of benzene rings is 1. The minimum atomic E-state index is -1.82. The van der Waals surface area contributed by atoms with Gasteiger partial charge in [-0.1, -0.05) is 12.1 Å². The molecule has 1 rings (SSSR count). The second kappa shape index (κ2) is 5.39. The molecule has 2 nitrogen and oxygen atoms in total. The van der Waals surface area contributed by atoms with Crippen LogP contribution in [0.2, 0.25) is 0 Å². The Hall–Kier alpha value is -1.71. The van der Waals surface area contributed by atoms with Gasteiger partial charge < -0.3 is 4.74 Å². The second-order valence-electron chi connectivity index (χ2n) is 3.35.